The van der Waals surface area contributed by atoms with Crippen LogP contribution in [0.5, 0.6) is 5.75 Å². The summed E-state index contributed by atoms with van der Waals surface area (Å²) >= 11 is 0. The van der Waals surface area contributed by atoms with E-state index in [0.29, 0.717) is 11.3 Å². The van der Waals surface area contributed by atoms with Gasteiger partial charge in [0.1, 0.15) is 11.8 Å². The molecule has 0 radical (unpaired) electrons. The Balaban J connectivity index is 1.64. The zero-order valence-corrected chi connectivity index (χ0v) is 22.3. The Bertz CT molecular complexity index is 1370. The second kappa shape index (κ2) is 12.5. The Hall–Kier alpha value is -3.94. The SMILES string of the molecule is COc1ccc(C[C@H](NS(=O)(=O)C(C)c2ccccc2)C(=O)NC(c2ccccc2)c2ccccc2)cc1. The molecule has 0 saturated carbocycles. The minimum atomic E-state index is -3.89. The molecule has 38 heavy (non-hydrogen) atoms. The van der Waals surface area contributed by atoms with E-state index in [-0.39, 0.29) is 6.42 Å². The van der Waals surface area contributed by atoms with Crippen molar-refractivity contribution in [2.75, 3.05) is 7.11 Å². The van der Waals surface area contributed by atoms with Gasteiger partial charge in [-0.15, -0.1) is 0 Å². The topological polar surface area (TPSA) is 84.5 Å². The fourth-order valence-corrected chi connectivity index (χ4v) is 5.59. The Labute approximate surface area is 224 Å². The molecule has 0 spiro atoms. The van der Waals surface area contributed by atoms with Crippen LogP contribution < -0.4 is 14.8 Å². The molecule has 2 N–H and O–H groups in total. The minimum Gasteiger partial charge on any atom is -0.497 e. The molecule has 0 saturated heterocycles. The van der Waals surface area contributed by atoms with Gasteiger partial charge >= 0.3 is 0 Å². The summed E-state index contributed by atoms with van der Waals surface area (Å²) in [7, 11) is -2.31. The highest BCUT2D eigenvalue weighted by Crippen LogP contribution is 2.24. The van der Waals surface area contributed by atoms with Gasteiger partial charge in [-0.1, -0.05) is 103 Å². The number of methoxy groups -OCH3 is 1. The average molecular weight is 529 g/mol. The lowest BCUT2D eigenvalue weighted by molar-refractivity contribution is -0.123. The van der Waals surface area contributed by atoms with Crippen molar-refractivity contribution in [3.05, 3.63) is 138 Å². The third-order valence-corrected chi connectivity index (χ3v) is 8.32. The smallest absolute Gasteiger partial charge is 0.239 e. The van der Waals surface area contributed by atoms with Crippen molar-refractivity contribution in [1.82, 2.24) is 10.0 Å². The van der Waals surface area contributed by atoms with Crippen molar-refractivity contribution < 1.29 is 17.9 Å². The number of benzene rings is 4. The lowest BCUT2D eigenvalue weighted by atomic mass is 9.97. The van der Waals surface area contributed by atoms with Crippen LogP contribution in [0.1, 0.15) is 40.5 Å². The molecule has 1 unspecified atom stereocenters. The molecular formula is C31H32N2O4S. The number of rotatable bonds is 11. The number of carbonyl (C=O) groups excluding carboxylic acids is 1. The molecule has 4 aromatic rings. The first kappa shape index (κ1) is 27.1. The zero-order chi connectivity index (χ0) is 27.0. The van der Waals surface area contributed by atoms with Crippen LogP contribution >= 0.6 is 0 Å². The Morgan fingerprint density at radius 2 is 1.21 bits per heavy atom. The molecule has 0 heterocycles. The molecule has 0 bridgehead atoms. The third kappa shape index (κ3) is 6.88. The monoisotopic (exact) mass is 528 g/mol. The van der Waals surface area contributed by atoms with Crippen molar-refractivity contribution in [3.8, 4) is 5.75 Å². The van der Waals surface area contributed by atoms with E-state index in [1.807, 2.05) is 78.9 Å². The molecule has 7 heteroatoms. The molecule has 1 amide bonds. The maximum Gasteiger partial charge on any atom is 0.239 e. The number of sulfonamides is 1. The summed E-state index contributed by atoms with van der Waals surface area (Å²) < 4.78 is 34.9. The highest BCUT2D eigenvalue weighted by Gasteiger charge is 2.31. The summed E-state index contributed by atoms with van der Waals surface area (Å²) in [5, 5.41) is 2.26. The molecule has 4 aromatic carbocycles. The maximum absolute atomic E-state index is 13.8. The van der Waals surface area contributed by atoms with Gasteiger partial charge in [0.25, 0.3) is 0 Å². The van der Waals surface area contributed by atoms with Gasteiger partial charge in [-0.25, -0.2) is 13.1 Å². The molecule has 0 aromatic heterocycles. The molecule has 4 rings (SSSR count). The second-order valence-corrected chi connectivity index (χ2v) is 11.1. The van der Waals surface area contributed by atoms with Gasteiger partial charge in [0.15, 0.2) is 0 Å². The lowest BCUT2D eigenvalue weighted by Crippen LogP contribution is -2.49. The summed E-state index contributed by atoms with van der Waals surface area (Å²) in [5.74, 6) is 0.267. The van der Waals surface area contributed by atoms with Crippen molar-refractivity contribution in [2.24, 2.45) is 0 Å². The average Bonchev–Trinajstić information content (AvgIpc) is 2.96. The maximum atomic E-state index is 13.8. The van der Waals surface area contributed by atoms with Crippen molar-refractivity contribution in [1.29, 1.82) is 0 Å². The van der Waals surface area contributed by atoms with E-state index in [4.69, 9.17) is 4.74 Å². The van der Waals surface area contributed by atoms with E-state index in [9.17, 15) is 13.2 Å². The van der Waals surface area contributed by atoms with Crippen LogP contribution in [0, 0.1) is 0 Å². The van der Waals surface area contributed by atoms with Crippen LogP contribution in [0.4, 0.5) is 0 Å². The van der Waals surface area contributed by atoms with Crippen LogP contribution in [0.25, 0.3) is 0 Å². The first-order valence-electron chi connectivity index (χ1n) is 12.5. The normalized spacial score (nSPS) is 13.0. The number of carbonyl (C=O) groups is 1. The summed E-state index contributed by atoms with van der Waals surface area (Å²) in [6, 6.07) is 34.0. The summed E-state index contributed by atoms with van der Waals surface area (Å²) in [4.78, 5) is 13.8. The lowest BCUT2D eigenvalue weighted by Gasteiger charge is -2.25. The van der Waals surface area contributed by atoms with E-state index in [1.165, 1.54) is 0 Å². The highest BCUT2D eigenvalue weighted by molar-refractivity contribution is 7.89. The largest absolute Gasteiger partial charge is 0.497 e. The van der Waals surface area contributed by atoms with Gasteiger partial charge in [0.05, 0.1) is 18.4 Å². The number of ether oxygens (including phenoxy) is 1. The van der Waals surface area contributed by atoms with Gasteiger partial charge < -0.3 is 10.1 Å². The van der Waals surface area contributed by atoms with Gasteiger partial charge in [-0.05, 0) is 47.7 Å². The summed E-state index contributed by atoms with van der Waals surface area (Å²) in [5.41, 5.74) is 3.25. The van der Waals surface area contributed by atoms with E-state index in [2.05, 4.69) is 10.0 Å². The van der Waals surface area contributed by atoms with Crippen molar-refractivity contribution in [2.45, 2.75) is 30.7 Å². The van der Waals surface area contributed by atoms with Crippen LogP contribution in [0.3, 0.4) is 0 Å². The minimum absolute atomic E-state index is 0.173. The van der Waals surface area contributed by atoms with Gasteiger partial charge in [-0.2, -0.15) is 0 Å². The van der Waals surface area contributed by atoms with Crippen LogP contribution in [-0.2, 0) is 21.2 Å². The van der Waals surface area contributed by atoms with E-state index < -0.39 is 33.3 Å². The van der Waals surface area contributed by atoms with Crippen LogP contribution in [-0.4, -0.2) is 27.5 Å². The Morgan fingerprint density at radius 1 is 0.737 bits per heavy atom. The number of amides is 1. The first-order chi connectivity index (χ1) is 18.4. The van der Waals surface area contributed by atoms with Gasteiger partial charge in [0, 0.05) is 0 Å². The van der Waals surface area contributed by atoms with E-state index in [0.717, 1.165) is 16.7 Å². The van der Waals surface area contributed by atoms with Crippen molar-refractivity contribution in [3.63, 3.8) is 0 Å². The standard InChI is InChI=1S/C31H32N2O4S/c1-23(25-12-6-3-7-13-25)38(35,36)33-29(22-24-18-20-28(37-2)21-19-24)31(34)32-30(26-14-8-4-9-15-26)27-16-10-5-11-17-27/h3-21,23,29-30,33H,22H2,1-2H3,(H,32,34)/t23?,29-/m0/s1. The molecule has 2 atom stereocenters. The number of hydrogen-bond acceptors (Lipinski definition) is 4. The van der Waals surface area contributed by atoms with Crippen molar-refractivity contribution >= 4 is 15.9 Å². The fourth-order valence-electron chi connectivity index (χ4n) is 4.28. The molecule has 0 fully saturated rings. The number of nitrogens with one attached hydrogen (secondary N) is 2. The van der Waals surface area contributed by atoms with Gasteiger partial charge in [0.2, 0.25) is 15.9 Å². The van der Waals surface area contributed by atoms with Crippen LogP contribution in [0.15, 0.2) is 115 Å². The quantitative estimate of drug-likeness (QED) is 0.281. The van der Waals surface area contributed by atoms with E-state index in [1.54, 1.807) is 50.4 Å². The Morgan fingerprint density at radius 3 is 1.68 bits per heavy atom. The predicted molar refractivity (Wildman–Crippen MR) is 150 cm³/mol. The molecule has 0 aliphatic carbocycles. The molecule has 0 aliphatic rings. The van der Waals surface area contributed by atoms with E-state index >= 15 is 0 Å². The third-order valence-electron chi connectivity index (χ3n) is 6.51. The first-order valence-corrected chi connectivity index (χ1v) is 14.0. The molecule has 196 valence electrons. The molecule has 6 nitrogen and oxygen atoms in total. The fraction of sp³-hybridized carbons (Fsp3) is 0.194. The van der Waals surface area contributed by atoms with Gasteiger partial charge in [-0.3, -0.25) is 4.79 Å². The number of hydrogen-bond donors (Lipinski definition) is 2. The molecular weight excluding hydrogens is 496 g/mol. The van der Waals surface area contributed by atoms with Crippen LogP contribution in [0.2, 0.25) is 0 Å². The predicted octanol–water partition coefficient (Wildman–Crippen LogP) is 5.19. The second-order valence-electron chi connectivity index (χ2n) is 9.08. The summed E-state index contributed by atoms with van der Waals surface area (Å²) in [6.45, 7) is 1.62. The summed E-state index contributed by atoms with van der Waals surface area (Å²) in [6.07, 6.45) is 0.173. The zero-order valence-electron chi connectivity index (χ0n) is 21.5. The Kier molecular flexibility index (Phi) is 8.94. The highest BCUT2D eigenvalue weighted by atomic mass is 32.2. The molecule has 0 aliphatic heterocycles.